The van der Waals surface area contributed by atoms with E-state index in [4.69, 9.17) is 0 Å². The first-order valence-corrected chi connectivity index (χ1v) is 4.57. The average molecular weight is 152 g/mol. The lowest BCUT2D eigenvalue weighted by atomic mass is 10.1. The van der Waals surface area contributed by atoms with Gasteiger partial charge in [0.1, 0.15) is 0 Å². The van der Waals surface area contributed by atoms with Crippen molar-refractivity contribution >= 4 is 0 Å². The molecule has 64 valence electrons. The van der Waals surface area contributed by atoms with E-state index in [0.717, 1.165) is 0 Å². The molecule has 0 N–H and O–H groups in total. The van der Waals surface area contributed by atoms with Crippen LogP contribution < -0.4 is 0 Å². The van der Waals surface area contributed by atoms with Crippen LogP contribution in [-0.2, 0) is 0 Å². The monoisotopic (exact) mass is 152 g/mol. The van der Waals surface area contributed by atoms with E-state index in [0.29, 0.717) is 0 Å². The first-order valence-electron chi connectivity index (χ1n) is 4.57. The zero-order chi connectivity index (χ0) is 8.53. The van der Waals surface area contributed by atoms with E-state index < -0.39 is 0 Å². The fourth-order valence-corrected chi connectivity index (χ4v) is 0.926. The Hall–Kier alpha value is -0.520. The number of allylic oxidation sites excluding steroid dienone is 3. The molecule has 0 amide bonds. The van der Waals surface area contributed by atoms with Crippen LogP contribution in [0, 0.1) is 0 Å². The summed E-state index contributed by atoms with van der Waals surface area (Å²) < 4.78 is 0. The lowest BCUT2D eigenvalue weighted by Crippen LogP contribution is -1.75. The number of unbranched alkanes of at least 4 members (excludes halogenated alkanes) is 3. The summed E-state index contributed by atoms with van der Waals surface area (Å²) in [4.78, 5) is 0. The molecule has 0 aromatic rings. The average Bonchev–Trinajstić information content (AvgIpc) is 2.04. The van der Waals surface area contributed by atoms with E-state index in [1.165, 1.54) is 37.7 Å². The first kappa shape index (κ1) is 10.5. The van der Waals surface area contributed by atoms with E-state index in [9.17, 15) is 0 Å². The van der Waals surface area contributed by atoms with Crippen LogP contribution in [0.2, 0.25) is 0 Å². The fourth-order valence-electron chi connectivity index (χ4n) is 0.926. The van der Waals surface area contributed by atoms with E-state index in [1.807, 2.05) is 6.08 Å². The molecule has 0 saturated carbocycles. The molecule has 0 unspecified atom stereocenters. The molecule has 0 bridgehead atoms. The molecule has 0 rings (SSSR count). The topological polar surface area (TPSA) is 0 Å². The molecule has 11 heavy (non-hydrogen) atoms. The van der Waals surface area contributed by atoms with Crippen molar-refractivity contribution in [2.45, 2.75) is 46.0 Å². The fraction of sp³-hybridized carbons (Fsp3) is 0.636. The molecule has 0 spiro atoms. The molecule has 0 radical (unpaired) electrons. The highest BCUT2D eigenvalue weighted by atomic mass is 13.9. The quantitative estimate of drug-likeness (QED) is 0.397. The zero-order valence-corrected chi connectivity index (χ0v) is 7.90. The zero-order valence-electron chi connectivity index (χ0n) is 7.90. The van der Waals surface area contributed by atoms with E-state index in [-0.39, 0.29) is 0 Å². The summed E-state index contributed by atoms with van der Waals surface area (Å²) in [5.41, 5.74) is 1.52. The predicted octanol–water partition coefficient (Wildman–Crippen LogP) is 4.09. The van der Waals surface area contributed by atoms with Gasteiger partial charge in [-0.2, -0.15) is 0 Å². The molecule has 0 saturated heterocycles. The largest absolute Gasteiger partial charge is 0.103 e. The lowest BCUT2D eigenvalue weighted by molar-refractivity contribution is 0.758. The molecule has 0 heteroatoms. The van der Waals surface area contributed by atoms with Crippen molar-refractivity contribution in [3.8, 4) is 0 Å². The maximum atomic E-state index is 3.69. The Balaban J connectivity index is 3.19. The van der Waals surface area contributed by atoms with Gasteiger partial charge in [-0.25, -0.2) is 0 Å². The van der Waals surface area contributed by atoms with E-state index >= 15 is 0 Å². The van der Waals surface area contributed by atoms with Gasteiger partial charge in [0.2, 0.25) is 0 Å². The van der Waals surface area contributed by atoms with Gasteiger partial charge in [0.15, 0.2) is 0 Å². The Morgan fingerprint density at radius 2 is 1.91 bits per heavy atom. The van der Waals surface area contributed by atoms with Crippen LogP contribution >= 0.6 is 0 Å². The molecular weight excluding hydrogens is 132 g/mol. The Bertz CT molecular complexity index is 120. The van der Waals surface area contributed by atoms with Crippen LogP contribution in [0.5, 0.6) is 0 Å². The minimum Gasteiger partial charge on any atom is -0.103 e. The number of hydrogen-bond acceptors (Lipinski definition) is 0. The van der Waals surface area contributed by atoms with Crippen LogP contribution in [0.3, 0.4) is 0 Å². The maximum absolute atomic E-state index is 3.69. The van der Waals surface area contributed by atoms with E-state index in [1.54, 1.807) is 0 Å². The Kier molecular flexibility index (Phi) is 7.23. The van der Waals surface area contributed by atoms with Crippen LogP contribution in [-0.4, -0.2) is 0 Å². The van der Waals surface area contributed by atoms with Gasteiger partial charge in [0.25, 0.3) is 0 Å². The highest BCUT2D eigenvalue weighted by Crippen LogP contribution is 2.05. The third-order valence-electron chi connectivity index (χ3n) is 1.91. The second kappa shape index (κ2) is 7.59. The third kappa shape index (κ3) is 7.38. The molecule has 0 aliphatic carbocycles. The first-order chi connectivity index (χ1) is 5.31. The number of hydrogen-bond donors (Lipinski definition) is 0. The molecule has 0 heterocycles. The number of rotatable bonds is 6. The SMILES string of the molecule is C=CCCCC/C=C(/C)CC. The van der Waals surface area contributed by atoms with Crippen molar-refractivity contribution in [1.29, 1.82) is 0 Å². The molecule has 0 aromatic heterocycles. The molecule has 0 aliphatic rings. The third-order valence-corrected chi connectivity index (χ3v) is 1.91. The molecule has 0 aliphatic heterocycles. The maximum Gasteiger partial charge on any atom is -0.0348 e. The lowest BCUT2D eigenvalue weighted by Gasteiger charge is -1.95. The summed E-state index contributed by atoms with van der Waals surface area (Å²) >= 11 is 0. The van der Waals surface area contributed by atoms with Crippen molar-refractivity contribution in [2.24, 2.45) is 0 Å². The normalized spacial score (nSPS) is 11.6. The van der Waals surface area contributed by atoms with Crippen molar-refractivity contribution in [2.75, 3.05) is 0 Å². The Labute approximate surface area is 71.0 Å². The van der Waals surface area contributed by atoms with Crippen molar-refractivity contribution < 1.29 is 0 Å². The van der Waals surface area contributed by atoms with Gasteiger partial charge in [-0.1, -0.05) is 24.6 Å². The Morgan fingerprint density at radius 1 is 1.27 bits per heavy atom. The Morgan fingerprint density at radius 3 is 2.45 bits per heavy atom. The van der Waals surface area contributed by atoms with Gasteiger partial charge in [0.05, 0.1) is 0 Å². The van der Waals surface area contributed by atoms with Crippen LogP contribution in [0.4, 0.5) is 0 Å². The summed E-state index contributed by atoms with van der Waals surface area (Å²) in [6, 6.07) is 0. The summed E-state index contributed by atoms with van der Waals surface area (Å²) in [5.74, 6) is 0. The second-order valence-corrected chi connectivity index (χ2v) is 2.98. The van der Waals surface area contributed by atoms with E-state index in [2.05, 4.69) is 26.5 Å². The van der Waals surface area contributed by atoms with Crippen LogP contribution in [0.1, 0.15) is 46.0 Å². The highest BCUT2D eigenvalue weighted by molar-refractivity contribution is 4.96. The van der Waals surface area contributed by atoms with Crippen molar-refractivity contribution in [1.82, 2.24) is 0 Å². The summed E-state index contributed by atoms with van der Waals surface area (Å²) in [6.07, 6.45) is 10.5. The van der Waals surface area contributed by atoms with Gasteiger partial charge in [-0.3, -0.25) is 0 Å². The van der Waals surface area contributed by atoms with Crippen molar-refractivity contribution in [3.63, 3.8) is 0 Å². The minimum absolute atomic E-state index is 1.17. The molecule has 0 aromatic carbocycles. The second-order valence-electron chi connectivity index (χ2n) is 2.98. The smallest absolute Gasteiger partial charge is 0.0348 e. The van der Waals surface area contributed by atoms with Crippen LogP contribution in [0.15, 0.2) is 24.3 Å². The van der Waals surface area contributed by atoms with Gasteiger partial charge >= 0.3 is 0 Å². The molecular formula is C11H20. The standard InChI is InChI=1S/C11H20/c1-4-6-7-8-9-10-11(3)5-2/h4,10H,1,5-9H2,2-3H3/b11-10-. The molecule has 0 nitrogen and oxygen atoms in total. The van der Waals surface area contributed by atoms with Gasteiger partial charge in [-0.05, 0) is 39.0 Å². The van der Waals surface area contributed by atoms with Gasteiger partial charge in [0, 0.05) is 0 Å². The van der Waals surface area contributed by atoms with Crippen molar-refractivity contribution in [3.05, 3.63) is 24.3 Å². The minimum atomic E-state index is 1.17. The van der Waals surface area contributed by atoms with Gasteiger partial charge in [-0.15, -0.1) is 6.58 Å². The highest BCUT2D eigenvalue weighted by Gasteiger charge is 1.85. The van der Waals surface area contributed by atoms with Crippen LogP contribution in [0.25, 0.3) is 0 Å². The summed E-state index contributed by atoms with van der Waals surface area (Å²) in [7, 11) is 0. The summed E-state index contributed by atoms with van der Waals surface area (Å²) in [5, 5.41) is 0. The predicted molar refractivity (Wildman–Crippen MR) is 52.7 cm³/mol. The van der Waals surface area contributed by atoms with Gasteiger partial charge < -0.3 is 0 Å². The molecule has 0 atom stereocenters. The molecule has 0 fully saturated rings. The summed E-state index contributed by atoms with van der Waals surface area (Å²) in [6.45, 7) is 8.10.